The summed E-state index contributed by atoms with van der Waals surface area (Å²) in [5.74, 6) is 2.01. The van der Waals surface area contributed by atoms with Crippen LogP contribution in [-0.4, -0.2) is 40.0 Å². The van der Waals surface area contributed by atoms with Crippen molar-refractivity contribution in [2.75, 3.05) is 13.1 Å². The number of ether oxygens (including phenoxy) is 1. The summed E-state index contributed by atoms with van der Waals surface area (Å²) in [7, 11) is 0. The molecule has 5 nitrogen and oxygen atoms in total. The van der Waals surface area contributed by atoms with Gasteiger partial charge in [-0.2, -0.15) is 4.98 Å². The van der Waals surface area contributed by atoms with Crippen LogP contribution in [0.3, 0.4) is 0 Å². The first kappa shape index (κ1) is 15.3. The quantitative estimate of drug-likeness (QED) is 0.861. The predicted molar refractivity (Wildman–Crippen MR) is 83.6 cm³/mol. The Morgan fingerprint density at radius 1 is 1.18 bits per heavy atom. The molecule has 120 valence electrons. The summed E-state index contributed by atoms with van der Waals surface area (Å²) in [5.41, 5.74) is 0. The fourth-order valence-corrected chi connectivity index (χ4v) is 3.47. The van der Waals surface area contributed by atoms with Crippen LogP contribution in [0, 0.1) is 12.8 Å². The molecule has 0 radical (unpaired) electrons. The number of rotatable bonds is 3. The maximum atomic E-state index is 12.5. The van der Waals surface area contributed by atoms with Crippen LogP contribution < -0.4 is 4.74 Å². The van der Waals surface area contributed by atoms with E-state index < -0.39 is 0 Å². The van der Waals surface area contributed by atoms with Gasteiger partial charge in [0.25, 0.3) is 0 Å². The van der Waals surface area contributed by atoms with Gasteiger partial charge < -0.3 is 9.64 Å². The summed E-state index contributed by atoms with van der Waals surface area (Å²) in [5, 5.41) is 0. The number of hydrogen-bond donors (Lipinski definition) is 0. The molecule has 1 saturated carbocycles. The van der Waals surface area contributed by atoms with Crippen molar-refractivity contribution < 1.29 is 9.53 Å². The third-order valence-electron chi connectivity index (χ3n) is 4.75. The molecule has 1 amide bonds. The van der Waals surface area contributed by atoms with Crippen molar-refractivity contribution >= 4 is 5.91 Å². The monoisotopic (exact) mass is 303 g/mol. The van der Waals surface area contributed by atoms with Gasteiger partial charge >= 0.3 is 0 Å². The van der Waals surface area contributed by atoms with Crippen molar-refractivity contribution in [2.45, 2.75) is 58.0 Å². The fraction of sp³-hybridized carbons (Fsp3) is 0.706. The zero-order chi connectivity index (χ0) is 15.4. The molecule has 0 spiro atoms. The molecule has 5 heteroatoms. The molecule has 22 heavy (non-hydrogen) atoms. The van der Waals surface area contributed by atoms with E-state index in [1.54, 1.807) is 12.3 Å². The number of carbonyl (C=O) groups excluding carboxylic acids is 1. The molecule has 0 unspecified atom stereocenters. The molecule has 2 heterocycles. The Balaban J connectivity index is 1.48. The van der Waals surface area contributed by atoms with Crippen molar-refractivity contribution in [1.82, 2.24) is 14.9 Å². The van der Waals surface area contributed by atoms with E-state index in [0.29, 0.717) is 11.8 Å². The standard InChI is InChI=1S/C17H25N3O2/c1-13-18-10-7-16(19-13)22-15-8-11-20(12-9-15)17(21)14-5-3-2-4-6-14/h7,10,14-15H,2-6,8-9,11-12H2,1H3. The molecule has 0 aromatic carbocycles. The smallest absolute Gasteiger partial charge is 0.225 e. The van der Waals surface area contributed by atoms with E-state index in [0.717, 1.165) is 44.6 Å². The average Bonchev–Trinajstić information content (AvgIpc) is 2.56. The maximum absolute atomic E-state index is 12.5. The molecule has 1 aliphatic heterocycles. The van der Waals surface area contributed by atoms with Crippen molar-refractivity contribution in [2.24, 2.45) is 5.92 Å². The first-order valence-corrected chi connectivity index (χ1v) is 8.47. The molecule has 0 atom stereocenters. The van der Waals surface area contributed by atoms with Gasteiger partial charge in [0.15, 0.2) is 0 Å². The van der Waals surface area contributed by atoms with E-state index in [4.69, 9.17) is 4.74 Å². The van der Waals surface area contributed by atoms with Crippen molar-refractivity contribution in [1.29, 1.82) is 0 Å². The van der Waals surface area contributed by atoms with Gasteiger partial charge in [-0.1, -0.05) is 19.3 Å². The number of carbonyl (C=O) groups is 1. The maximum Gasteiger partial charge on any atom is 0.225 e. The molecule has 2 aliphatic rings. The van der Waals surface area contributed by atoms with Gasteiger partial charge in [-0.05, 0) is 19.8 Å². The van der Waals surface area contributed by atoms with Gasteiger partial charge in [-0.25, -0.2) is 4.98 Å². The van der Waals surface area contributed by atoms with E-state index in [9.17, 15) is 4.79 Å². The molecular formula is C17H25N3O2. The zero-order valence-electron chi connectivity index (χ0n) is 13.3. The molecule has 0 N–H and O–H groups in total. The largest absolute Gasteiger partial charge is 0.474 e. The number of hydrogen-bond acceptors (Lipinski definition) is 4. The number of amides is 1. The average molecular weight is 303 g/mol. The first-order valence-electron chi connectivity index (χ1n) is 8.47. The van der Waals surface area contributed by atoms with E-state index >= 15 is 0 Å². The first-order chi connectivity index (χ1) is 10.7. The van der Waals surface area contributed by atoms with Crippen LogP contribution in [0.4, 0.5) is 0 Å². The molecule has 0 bridgehead atoms. The Kier molecular flexibility index (Phi) is 4.90. The van der Waals surface area contributed by atoms with Gasteiger partial charge in [0.2, 0.25) is 11.8 Å². The van der Waals surface area contributed by atoms with E-state index in [2.05, 4.69) is 9.97 Å². The normalized spacial score (nSPS) is 20.9. The Morgan fingerprint density at radius 3 is 2.59 bits per heavy atom. The minimum atomic E-state index is 0.157. The molecule has 3 rings (SSSR count). The summed E-state index contributed by atoms with van der Waals surface area (Å²) in [4.78, 5) is 22.9. The SMILES string of the molecule is Cc1nccc(OC2CCN(C(=O)C3CCCCC3)CC2)n1. The van der Waals surface area contributed by atoms with Crippen LogP contribution in [0.15, 0.2) is 12.3 Å². The summed E-state index contributed by atoms with van der Waals surface area (Å²) >= 11 is 0. The highest BCUT2D eigenvalue weighted by Crippen LogP contribution is 2.27. The van der Waals surface area contributed by atoms with E-state index in [1.807, 2.05) is 11.8 Å². The summed E-state index contributed by atoms with van der Waals surface area (Å²) in [6.45, 7) is 3.48. The highest BCUT2D eigenvalue weighted by molar-refractivity contribution is 5.79. The van der Waals surface area contributed by atoms with Crippen molar-refractivity contribution in [3.63, 3.8) is 0 Å². The van der Waals surface area contributed by atoms with E-state index in [1.165, 1.54) is 19.3 Å². The molecule has 1 saturated heterocycles. The summed E-state index contributed by atoms with van der Waals surface area (Å²) < 4.78 is 5.92. The van der Waals surface area contributed by atoms with Gasteiger partial charge in [0, 0.05) is 44.1 Å². The Labute approximate surface area is 132 Å². The van der Waals surface area contributed by atoms with Crippen LogP contribution >= 0.6 is 0 Å². The second kappa shape index (κ2) is 7.07. The van der Waals surface area contributed by atoms with E-state index in [-0.39, 0.29) is 12.0 Å². The van der Waals surface area contributed by atoms with Crippen LogP contribution in [0.25, 0.3) is 0 Å². The lowest BCUT2D eigenvalue weighted by Crippen LogP contribution is -2.44. The van der Waals surface area contributed by atoms with Gasteiger partial charge in [-0.15, -0.1) is 0 Å². The molecule has 1 aliphatic carbocycles. The topological polar surface area (TPSA) is 55.3 Å². The molecule has 1 aromatic heterocycles. The molecule has 2 fully saturated rings. The van der Waals surface area contributed by atoms with Crippen molar-refractivity contribution in [3.05, 3.63) is 18.1 Å². The summed E-state index contributed by atoms with van der Waals surface area (Å²) in [6, 6.07) is 1.80. The lowest BCUT2D eigenvalue weighted by atomic mass is 9.88. The molecular weight excluding hydrogens is 278 g/mol. The highest BCUT2D eigenvalue weighted by atomic mass is 16.5. The van der Waals surface area contributed by atoms with Gasteiger partial charge in [0.1, 0.15) is 11.9 Å². The van der Waals surface area contributed by atoms with Gasteiger partial charge in [-0.3, -0.25) is 4.79 Å². The van der Waals surface area contributed by atoms with Crippen LogP contribution in [0.5, 0.6) is 5.88 Å². The predicted octanol–water partition coefficient (Wildman–Crippen LogP) is 2.74. The number of aromatic nitrogens is 2. The number of nitrogens with zero attached hydrogens (tertiary/aromatic N) is 3. The third kappa shape index (κ3) is 3.76. The zero-order valence-corrected chi connectivity index (χ0v) is 13.3. The highest BCUT2D eigenvalue weighted by Gasteiger charge is 2.29. The van der Waals surface area contributed by atoms with Crippen LogP contribution in [0.2, 0.25) is 0 Å². The minimum Gasteiger partial charge on any atom is -0.474 e. The minimum absolute atomic E-state index is 0.157. The number of aryl methyl sites for hydroxylation is 1. The Hall–Kier alpha value is -1.65. The number of likely N-dealkylation sites (tertiary alicyclic amines) is 1. The van der Waals surface area contributed by atoms with Crippen molar-refractivity contribution in [3.8, 4) is 5.88 Å². The van der Waals surface area contributed by atoms with Gasteiger partial charge in [0.05, 0.1) is 0 Å². The second-order valence-corrected chi connectivity index (χ2v) is 6.42. The van der Waals surface area contributed by atoms with Crippen LogP contribution in [-0.2, 0) is 4.79 Å². The lowest BCUT2D eigenvalue weighted by molar-refractivity contribution is -0.138. The second-order valence-electron chi connectivity index (χ2n) is 6.42. The number of piperidine rings is 1. The third-order valence-corrected chi connectivity index (χ3v) is 4.75. The van der Waals surface area contributed by atoms with Crippen LogP contribution in [0.1, 0.15) is 50.8 Å². The Morgan fingerprint density at radius 2 is 1.91 bits per heavy atom. The fourth-order valence-electron chi connectivity index (χ4n) is 3.47. The molecule has 1 aromatic rings. The lowest BCUT2D eigenvalue weighted by Gasteiger charge is -2.35. The summed E-state index contributed by atoms with van der Waals surface area (Å²) in [6.07, 6.45) is 9.53. The Bertz CT molecular complexity index is 506.